The van der Waals surface area contributed by atoms with Crippen LogP contribution >= 0.6 is 11.3 Å². The van der Waals surface area contributed by atoms with Gasteiger partial charge in [0.25, 0.3) is 0 Å². The van der Waals surface area contributed by atoms with Crippen LogP contribution in [-0.4, -0.2) is 33.4 Å². The molecule has 2 unspecified atom stereocenters. The molecular weight excluding hydrogens is 496 g/mol. The zero-order valence-electron chi connectivity index (χ0n) is 18.7. The van der Waals surface area contributed by atoms with Crippen LogP contribution in [0.25, 0.3) is 10.2 Å². The minimum Gasteiger partial charge on any atom is -0.368 e. The van der Waals surface area contributed by atoms with Crippen molar-refractivity contribution < 1.29 is 22.4 Å². The predicted octanol–water partition coefficient (Wildman–Crippen LogP) is 4.49. The fraction of sp³-hybridized carbons (Fsp3) is 0.250. The van der Waals surface area contributed by atoms with Gasteiger partial charge in [-0.15, -0.1) is 11.3 Å². The third-order valence-electron chi connectivity index (χ3n) is 6.06. The number of nitrogens with one attached hydrogen (secondary N) is 1. The minimum atomic E-state index is -1.36. The molecule has 3 N–H and O–H groups in total. The van der Waals surface area contributed by atoms with Crippen LogP contribution in [0.4, 0.5) is 29.2 Å². The molecule has 12 heteroatoms. The second kappa shape index (κ2) is 9.69. The number of carbonyl (C=O) groups is 1. The molecule has 2 aromatic heterocycles. The zero-order valence-corrected chi connectivity index (χ0v) is 19.5. The number of hydrogen-bond donors (Lipinski definition) is 2. The van der Waals surface area contributed by atoms with Crippen molar-refractivity contribution in [1.82, 2.24) is 15.0 Å². The molecule has 0 spiro atoms. The summed E-state index contributed by atoms with van der Waals surface area (Å²) in [7, 11) is 0. The Labute approximate surface area is 207 Å². The van der Waals surface area contributed by atoms with Crippen LogP contribution in [0.15, 0.2) is 42.7 Å². The summed E-state index contributed by atoms with van der Waals surface area (Å²) in [6.07, 6.45) is 2.25. The molecule has 2 atom stereocenters. The predicted molar refractivity (Wildman–Crippen MR) is 128 cm³/mol. The average molecular weight is 517 g/mol. The average Bonchev–Trinajstić information content (AvgIpc) is 3.50. The van der Waals surface area contributed by atoms with Crippen molar-refractivity contribution in [3.05, 3.63) is 76.6 Å². The van der Waals surface area contributed by atoms with E-state index in [1.165, 1.54) is 11.3 Å². The van der Waals surface area contributed by atoms with Crippen molar-refractivity contribution in [2.75, 3.05) is 16.8 Å². The summed E-state index contributed by atoms with van der Waals surface area (Å²) in [5.74, 6) is -5.76. The number of hydrogen-bond acceptors (Lipinski definition) is 7. The number of thiazole rings is 1. The first-order valence-corrected chi connectivity index (χ1v) is 12.0. The van der Waals surface area contributed by atoms with Gasteiger partial charge in [-0.2, -0.15) is 4.39 Å². The lowest BCUT2D eigenvalue weighted by Gasteiger charge is -2.25. The monoisotopic (exact) mass is 516 g/mol. The van der Waals surface area contributed by atoms with Crippen molar-refractivity contribution in [2.45, 2.75) is 31.3 Å². The fourth-order valence-corrected chi connectivity index (χ4v) is 5.41. The normalized spacial score (nSPS) is 16.4. The van der Waals surface area contributed by atoms with Crippen LogP contribution < -0.4 is 16.0 Å². The van der Waals surface area contributed by atoms with E-state index in [0.29, 0.717) is 18.7 Å². The van der Waals surface area contributed by atoms with Crippen LogP contribution in [0.1, 0.15) is 29.5 Å². The molecular formula is C24H20F4N6OS. The smallest absolute Gasteiger partial charge is 0.240 e. The highest BCUT2D eigenvalue weighted by Gasteiger charge is 2.33. The van der Waals surface area contributed by atoms with Crippen molar-refractivity contribution in [3.8, 4) is 0 Å². The maximum absolute atomic E-state index is 15.6. The molecule has 1 aliphatic rings. The number of amides is 1. The highest BCUT2D eigenvalue weighted by Crippen LogP contribution is 2.40. The van der Waals surface area contributed by atoms with Gasteiger partial charge in [-0.25, -0.2) is 28.1 Å². The van der Waals surface area contributed by atoms with E-state index in [1.807, 2.05) is 24.3 Å². The van der Waals surface area contributed by atoms with E-state index in [9.17, 15) is 18.0 Å². The molecule has 3 heterocycles. The van der Waals surface area contributed by atoms with E-state index >= 15 is 4.39 Å². The number of rotatable bonds is 7. The van der Waals surface area contributed by atoms with Crippen LogP contribution in [0.3, 0.4) is 0 Å². The fourth-order valence-electron chi connectivity index (χ4n) is 4.30. The van der Waals surface area contributed by atoms with E-state index in [-0.39, 0.29) is 23.2 Å². The lowest BCUT2D eigenvalue weighted by atomic mass is 10.0. The molecule has 1 aliphatic heterocycles. The van der Waals surface area contributed by atoms with E-state index in [0.717, 1.165) is 34.4 Å². The maximum Gasteiger partial charge on any atom is 0.240 e. The Morgan fingerprint density at radius 3 is 2.69 bits per heavy atom. The van der Waals surface area contributed by atoms with Gasteiger partial charge in [-0.1, -0.05) is 12.1 Å². The highest BCUT2D eigenvalue weighted by atomic mass is 32.1. The van der Waals surface area contributed by atoms with Crippen molar-refractivity contribution in [3.63, 3.8) is 0 Å². The molecule has 2 aromatic carbocycles. The molecule has 186 valence electrons. The number of aromatic nitrogens is 3. The number of fused-ring (bicyclic) bond motifs is 1. The third kappa shape index (κ3) is 4.55. The Kier molecular flexibility index (Phi) is 6.44. The molecule has 7 nitrogen and oxygen atoms in total. The number of para-hydroxylation sites is 1. The number of nitrogens with two attached hydrogens (primary N) is 1. The van der Waals surface area contributed by atoms with Crippen molar-refractivity contribution in [1.29, 1.82) is 0 Å². The molecule has 1 amide bonds. The van der Waals surface area contributed by atoms with Crippen LogP contribution in [-0.2, 0) is 11.2 Å². The van der Waals surface area contributed by atoms with E-state index in [2.05, 4.69) is 15.3 Å². The summed E-state index contributed by atoms with van der Waals surface area (Å²) in [5, 5.41) is 3.41. The number of halogens is 4. The number of carbonyl (C=O) groups excluding carboxylic acids is 1. The highest BCUT2D eigenvalue weighted by molar-refractivity contribution is 7.18. The van der Waals surface area contributed by atoms with Gasteiger partial charge in [0.1, 0.15) is 23.2 Å². The number of benzene rings is 2. The summed E-state index contributed by atoms with van der Waals surface area (Å²) in [6, 6.07) is 7.20. The Morgan fingerprint density at radius 2 is 1.92 bits per heavy atom. The van der Waals surface area contributed by atoms with E-state index < -0.39 is 41.6 Å². The topological polar surface area (TPSA) is 97.0 Å². The molecule has 0 radical (unpaired) electrons. The molecule has 36 heavy (non-hydrogen) atoms. The van der Waals surface area contributed by atoms with Crippen molar-refractivity contribution >= 4 is 39.1 Å². The zero-order chi connectivity index (χ0) is 25.4. The van der Waals surface area contributed by atoms with E-state index in [1.54, 1.807) is 4.90 Å². The van der Waals surface area contributed by atoms with Gasteiger partial charge in [0.05, 0.1) is 16.3 Å². The Bertz CT molecular complexity index is 1410. The molecule has 0 saturated carbocycles. The molecule has 0 bridgehead atoms. The lowest BCUT2D eigenvalue weighted by molar-refractivity contribution is -0.118. The third-order valence-corrected chi connectivity index (χ3v) is 7.20. The first-order chi connectivity index (χ1) is 17.3. The summed E-state index contributed by atoms with van der Waals surface area (Å²) in [6.45, 7) is 0.535. The molecule has 4 aromatic rings. The Morgan fingerprint density at radius 1 is 1.14 bits per heavy atom. The quantitative estimate of drug-likeness (QED) is 0.278. The summed E-state index contributed by atoms with van der Waals surface area (Å²) in [4.78, 5) is 26.6. The van der Waals surface area contributed by atoms with E-state index in [4.69, 9.17) is 10.7 Å². The lowest BCUT2D eigenvalue weighted by Crippen LogP contribution is -2.38. The van der Waals surface area contributed by atoms with Gasteiger partial charge < -0.3 is 16.0 Å². The van der Waals surface area contributed by atoms with Crippen molar-refractivity contribution in [2.24, 2.45) is 5.73 Å². The van der Waals surface area contributed by atoms with Gasteiger partial charge >= 0.3 is 0 Å². The standard InChI is InChI=1S/C24H20F4N6OS/c25-13-10-15(27)14(26)8-12(13)9-17(21(29)35)32-22-20(28)23(31-11-30-22)34-7-3-5-18(34)24-33-16-4-1-2-6-19(16)36-24/h1-2,4,6,8,10-11,17-18H,3,5,7,9H2,(H2,29,35)(H,30,31,32). The van der Waals surface area contributed by atoms with Gasteiger partial charge in [0.2, 0.25) is 11.7 Å². The van der Waals surface area contributed by atoms with Crippen LogP contribution in [0, 0.1) is 23.3 Å². The molecule has 0 aliphatic carbocycles. The second-order valence-electron chi connectivity index (χ2n) is 8.39. The largest absolute Gasteiger partial charge is 0.368 e. The van der Waals surface area contributed by atoms with Gasteiger partial charge in [0, 0.05) is 19.0 Å². The maximum atomic E-state index is 15.6. The summed E-state index contributed by atoms with van der Waals surface area (Å²) < 4.78 is 57.6. The van der Waals surface area contributed by atoms with Crippen LogP contribution in [0.5, 0.6) is 0 Å². The summed E-state index contributed by atoms with van der Waals surface area (Å²) in [5.41, 5.74) is 5.99. The Balaban J connectivity index is 1.42. The second-order valence-corrected chi connectivity index (χ2v) is 9.45. The number of nitrogens with zero attached hydrogens (tertiary/aromatic N) is 4. The molecule has 1 saturated heterocycles. The van der Waals surface area contributed by atoms with Gasteiger partial charge in [-0.05, 0) is 36.6 Å². The first kappa shape index (κ1) is 23.9. The van der Waals surface area contributed by atoms with Gasteiger partial charge in [0.15, 0.2) is 23.3 Å². The number of primary amides is 1. The first-order valence-electron chi connectivity index (χ1n) is 11.1. The SMILES string of the molecule is NC(=O)C(Cc1cc(F)c(F)cc1F)Nc1ncnc(N2CCCC2c2nc3ccccc3s2)c1F. The summed E-state index contributed by atoms with van der Waals surface area (Å²) >= 11 is 1.53. The molecule has 5 rings (SSSR count). The van der Waals surface area contributed by atoms with Crippen LogP contribution in [0.2, 0.25) is 0 Å². The molecule has 1 fully saturated rings. The minimum absolute atomic E-state index is 0.0245. The number of anilines is 2. The van der Waals surface area contributed by atoms with Gasteiger partial charge in [-0.3, -0.25) is 4.79 Å². The Hall–Kier alpha value is -3.80.